The van der Waals surface area contributed by atoms with E-state index in [-0.39, 0.29) is 12.1 Å². The summed E-state index contributed by atoms with van der Waals surface area (Å²) in [6.45, 7) is 6.93. The van der Waals surface area contributed by atoms with E-state index in [9.17, 15) is 4.79 Å². The Morgan fingerprint density at radius 3 is 2.55 bits per heavy atom. The number of anilines is 1. The highest BCUT2D eigenvalue weighted by Crippen LogP contribution is 2.29. The molecule has 29 heavy (non-hydrogen) atoms. The standard InChI is InChI=1S/C22H30N6O/c1-16-14-20(25-17(2)24-16)27-11-8-19(9-12-27)26-21(29)28-13-10-22(23,15-28)18-6-4-3-5-7-18/h3-7,14,19H,8-13,15,23H2,1-2H3,(H,26,29). The molecule has 3 N–H and O–H groups in total. The van der Waals surface area contributed by atoms with Gasteiger partial charge in [-0.05, 0) is 38.7 Å². The van der Waals surface area contributed by atoms with Crippen molar-refractivity contribution in [3.05, 3.63) is 53.5 Å². The van der Waals surface area contributed by atoms with Gasteiger partial charge in [0, 0.05) is 44.0 Å². The Morgan fingerprint density at radius 1 is 1.14 bits per heavy atom. The van der Waals surface area contributed by atoms with E-state index in [1.165, 1.54) is 0 Å². The van der Waals surface area contributed by atoms with E-state index in [0.29, 0.717) is 13.1 Å². The third kappa shape index (κ3) is 4.34. The molecule has 0 bridgehead atoms. The highest BCUT2D eigenvalue weighted by atomic mass is 16.2. The Balaban J connectivity index is 1.30. The van der Waals surface area contributed by atoms with Crippen molar-refractivity contribution in [1.82, 2.24) is 20.2 Å². The number of nitrogens with zero attached hydrogens (tertiary/aromatic N) is 4. The van der Waals surface area contributed by atoms with Gasteiger partial charge >= 0.3 is 6.03 Å². The van der Waals surface area contributed by atoms with Crippen molar-refractivity contribution in [2.45, 2.75) is 44.7 Å². The Kier molecular flexibility index (Phi) is 5.41. The Labute approximate surface area is 172 Å². The van der Waals surface area contributed by atoms with Gasteiger partial charge in [0.05, 0.1) is 5.54 Å². The number of nitrogens with one attached hydrogen (secondary N) is 1. The lowest BCUT2D eigenvalue weighted by atomic mass is 9.90. The van der Waals surface area contributed by atoms with E-state index in [1.807, 2.05) is 55.1 Å². The number of carbonyl (C=O) groups is 1. The van der Waals surface area contributed by atoms with E-state index >= 15 is 0 Å². The molecule has 2 aliphatic heterocycles. The second-order valence-corrected chi connectivity index (χ2v) is 8.32. The zero-order chi connectivity index (χ0) is 20.4. The molecule has 2 aromatic rings. The molecule has 2 saturated heterocycles. The Bertz CT molecular complexity index is 845. The lowest BCUT2D eigenvalue weighted by molar-refractivity contribution is 0.199. The van der Waals surface area contributed by atoms with Crippen LogP contribution in [0.25, 0.3) is 0 Å². The summed E-state index contributed by atoms with van der Waals surface area (Å²) in [7, 11) is 0. The van der Waals surface area contributed by atoms with Gasteiger partial charge in [0.25, 0.3) is 0 Å². The van der Waals surface area contributed by atoms with Crippen molar-refractivity contribution in [1.29, 1.82) is 0 Å². The predicted octanol–water partition coefficient (Wildman–Crippen LogP) is 2.33. The van der Waals surface area contributed by atoms with Crippen LogP contribution in [0.1, 0.15) is 36.3 Å². The molecule has 0 spiro atoms. The van der Waals surface area contributed by atoms with Crippen LogP contribution < -0.4 is 16.0 Å². The molecule has 1 atom stereocenters. The fourth-order valence-corrected chi connectivity index (χ4v) is 4.39. The second-order valence-electron chi connectivity index (χ2n) is 8.32. The van der Waals surface area contributed by atoms with Crippen molar-refractivity contribution < 1.29 is 4.79 Å². The van der Waals surface area contributed by atoms with Gasteiger partial charge in [-0.1, -0.05) is 30.3 Å². The van der Waals surface area contributed by atoms with Crippen molar-refractivity contribution in [3.8, 4) is 0 Å². The third-order valence-corrected chi connectivity index (χ3v) is 6.04. The summed E-state index contributed by atoms with van der Waals surface area (Å²) in [4.78, 5) is 25.8. The van der Waals surface area contributed by atoms with Gasteiger partial charge in [0.2, 0.25) is 0 Å². The van der Waals surface area contributed by atoms with Crippen molar-refractivity contribution >= 4 is 11.8 Å². The average Bonchev–Trinajstić information content (AvgIpc) is 3.12. The molecule has 1 unspecified atom stereocenters. The zero-order valence-corrected chi connectivity index (χ0v) is 17.3. The smallest absolute Gasteiger partial charge is 0.317 e. The fourth-order valence-electron chi connectivity index (χ4n) is 4.39. The van der Waals surface area contributed by atoms with Gasteiger partial charge in [0.1, 0.15) is 11.6 Å². The summed E-state index contributed by atoms with van der Waals surface area (Å²) in [5.74, 6) is 1.78. The van der Waals surface area contributed by atoms with Crippen LogP contribution in [0.15, 0.2) is 36.4 Å². The molecule has 154 valence electrons. The number of nitrogens with two attached hydrogens (primary N) is 1. The molecule has 2 amide bonds. The number of hydrogen-bond acceptors (Lipinski definition) is 5. The van der Waals surface area contributed by atoms with Gasteiger partial charge in [-0.2, -0.15) is 0 Å². The van der Waals surface area contributed by atoms with E-state index < -0.39 is 5.54 Å². The van der Waals surface area contributed by atoms with Crippen molar-refractivity contribution in [2.24, 2.45) is 5.73 Å². The van der Waals surface area contributed by atoms with Crippen LogP contribution in [0.2, 0.25) is 0 Å². The molecule has 1 aromatic heterocycles. The summed E-state index contributed by atoms with van der Waals surface area (Å²) in [6.07, 6.45) is 2.61. The molecule has 0 radical (unpaired) electrons. The number of hydrogen-bond donors (Lipinski definition) is 2. The Hall–Kier alpha value is -2.67. The van der Waals surface area contributed by atoms with Crippen molar-refractivity contribution in [2.75, 3.05) is 31.1 Å². The SMILES string of the molecule is Cc1cc(N2CCC(NC(=O)N3CCC(N)(c4ccccc4)C3)CC2)nc(C)n1. The van der Waals surface area contributed by atoms with Crippen LogP contribution in [0.3, 0.4) is 0 Å². The largest absolute Gasteiger partial charge is 0.356 e. The summed E-state index contributed by atoms with van der Waals surface area (Å²) in [6, 6.07) is 12.3. The monoisotopic (exact) mass is 394 g/mol. The van der Waals surface area contributed by atoms with Crippen LogP contribution in [-0.2, 0) is 5.54 Å². The number of likely N-dealkylation sites (tertiary alicyclic amines) is 1. The van der Waals surface area contributed by atoms with Gasteiger partial charge < -0.3 is 20.9 Å². The van der Waals surface area contributed by atoms with Gasteiger partial charge in [-0.15, -0.1) is 0 Å². The molecule has 3 heterocycles. The molecule has 1 aromatic carbocycles. The molecule has 7 nitrogen and oxygen atoms in total. The summed E-state index contributed by atoms with van der Waals surface area (Å²) in [5, 5.41) is 3.22. The molecular formula is C22H30N6O. The lowest BCUT2D eigenvalue weighted by Gasteiger charge is -2.34. The first kappa shape index (κ1) is 19.6. The second kappa shape index (κ2) is 7.99. The van der Waals surface area contributed by atoms with E-state index in [2.05, 4.69) is 20.2 Å². The summed E-state index contributed by atoms with van der Waals surface area (Å²) in [5.41, 5.74) is 8.24. The molecule has 2 aliphatic rings. The van der Waals surface area contributed by atoms with Crippen LogP contribution in [0, 0.1) is 13.8 Å². The topological polar surface area (TPSA) is 87.4 Å². The third-order valence-electron chi connectivity index (χ3n) is 6.04. The maximum absolute atomic E-state index is 12.8. The van der Waals surface area contributed by atoms with E-state index in [4.69, 9.17) is 5.73 Å². The average molecular weight is 395 g/mol. The fraction of sp³-hybridized carbons (Fsp3) is 0.500. The highest BCUT2D eigenvalue weighted by Gasteiger charge is 2.38. The van der Waals surface area contributed by atoms with Crippen LogP contribution in [-0.4, -0.2) is 53.1 Å². The maximum Gasteiger partial charge on any atom is 0.317 e. The van der Waals surface area contributed by atoms with E-state index in [0.717, 1.165) is 55.3 Å². The maximum atomic E-state index is 12.8. The lowest BCUT2D eigenvalue weighted by Crippen LogP contribution is -2.50. The molecule has 0 saturated carbocycles. The van der Waals surface area contributed by atoms with E-state index in [1.54, 1.807) is 0 Å². The van der Waals surface area contributed by atoms with Crippen molar-refractivity contribution in [3.63, 3.8) is 0 Å². The quantitative estimate of drug-likeness (QED) is 0.834. The number of aryl methyl sites for hydroxylation is 2. The number of urea groups is 1. The first-order valence-electron chi connectivity index (χ1n) is 10.4. The van der Waals surface area contributed by atoms with Gasteiger partial charge in [0.15, 0.2) is 0 Å². The minimum atomic E-state index is -0.454. The van der Waals surface area contributed by atoms with Gasteiger partial charge in [-0.25, -0.2) is 14.8 Å². The summed E-state index contributed by atoms with van der Waals surface area (Å²) < 4.78 is 0. The van der Waals surface area contributed by atoms with Crippen LogP contribution >= 0.6 is 0 Å². The van der Waals surface area contributed by atoms with Crippen LogP contribution in [0.4, 0.5) is 10.6 Å². The minimum absolute atomic E-state index is 0.000399. The van der Waals surface area contributed by atoms with Gasteiger partial charge in [-0.3, -0.25) is 0 Å². The number of carbonyl (C=O) groups excluding carboxylic acids is 1. The minimum Gasteiger partial charge on any atom is -0.356 e. The zero-order valence-electron chi connectivity index (χ0n) is 17.3. The molecule has 4 rings (SSSR count). The number of piperidine rings is 1. The normalized spacial score (nSPS) is 22.7. The highest BCUT2D eigenvalue weighted by molar-refractivity contribution is 5.75. The molecule has 7 heteroatoms. The predicted molar refractivity (Wildman–Crippen MR) is 114 cm³/mol. The molecule has 2 fully saturated rings. The van der Waals surface area contributed by atoms with Crippen LogP contribution in [0.5, 0.6) is 0 Å². The number of aromatic nitrogens is 2. The number of amides is 2. The Morgan fingerprint density at radius 2 is 1.86 bits per heavy atom. The molecule has 0 aliphatic carbocycles. The first-order valence-corrected chi connectivity index (χ1v) is 10.4. The number of rotatable bonds is 3. The first-order chi connectivity index (χ1) is 13.9. The molecular weight excluding hydrogens is 364 g/mol. The summed E-state index contributed by atoms with van der Waals surface area (Å²) >= 11 is 0. The number of benzene rings is 1.